The maximum Gasteiger partial charge on any atom is 0.417 e. The van der Waals surface area contributed by atoms with Gasteiger partial charge in [-0.3, -0.25) is 0 Å². The molecule has 22 heavy (non-hydrogen) atoms. The predicted octanol–water partition coefficient (Wildman–Crippen LogP) is 4.64. The molecule has 0 aliphatic carbocycles. The van der Waals surface area contributed by atoms with E-state index in [0.717, 1.165) is 6.07 Å². The normalized spacial score (nSPS) is 11.3. The van der Waals surface area contributed by atoms with Gasteiger partial charge in [-0.1, -0.05) is 29.8 Å². The number of hydrogen-bond donors (Lipinski definition) is 1. The van der Waals surface area contributed by atoms with Gasteiger partial charge in [-0.15, -0.1) is 0 Å². The summed E-state index contributed by atoms with van der Waals surface area (Å²) in [5, 5.41) is 8.35. The van der Waals surface area contributed by atoms with Gasteiger partial charge in [0.05, 0.1) is 16.1 Å². The van der Waals surface area contributed by atoms with E-state index >= 15 is 0 Å². The first-order valence-electron chi connectivity index (χ1n) is 6.10. The van der Waals surface area contributed by atoms with Crippen LogP contribution in [-0.2, 0) is 12.8 Å². The van der Waals surface area contributed by atoms with Crippen molar-refractivity contribution in [3.8, 4) is 5.75 Å². The third-order valence-corrected chi connectivity index (χ3v) is 3.23. The fraction of sp³-hybridized carbons (Fsp3) is 0.133. The number of carboxylic acids is 1. The molecule has 116 valence electrons. The molecule has 0 unspecified atom stereocenters. The van der Waals surface area contributed by atoms with E-state index in [-0.39, 0.29) is 17.9 Å². The van der Waals surface area contributed by atoms with Crippen LogP contribution in [0.3, 0.4) is 0 Å². The van der Waals surface area contributed by atoms with Gasteiger partial charge in [0.1, 0.15) is 12.4 Å². The molecule has 2 aromatic carbocycles. The molecule has 2 aromatic rings. The van der Waals surface area contributed by atoms with Crippen molar-refractivity contribution in [1.29, 1.82) is 0 Å². The Morgan fingerprint density at radius 1 is 1.18 bits per heavy atom. The molecule has 0 amide bonds. The molecule has 0 saturated heterocycles. The second kappa shape index (κ2) is 6.27. The van der Waals surface area contributed by atoms with E-state index in [9.17, 15) is 18.0 Å². The largest absolute Gasteiger partial charge is 0.487 e. The lowest BCUT2D eigenvalue weighted by Crippen LogP contribution is -2.07. The summed E-state index contributed by atoms with van der Waals surface area (Å²) in [5.41, 5.74) is -0.407. The van der Waals surface area contributed by atoms with Crippen LogP contribution in [0.1, 0.15) is 21.5 Å². The Morgan fingerprint density at radius 2 is 1.86 bits per heavy atom. The number of benzene rings is 2. The van der Waals surface area contributed by atoms with Gasteiger partial charge in [0.2, 0.25) is 0 Å². The lowest BCUT2D eigenvalue weighted by Gasteiger charge is -2.13. The van der Waals surface area contributed by atoms with Crippen molar-refractivity contribution < 1.29 is 27.8 Å². The quantitative estimate of drug-likeness (QED) is 0.888. The van der Waals surface area contributed by atoms with Crippen molar-refractivity contribution in [3.05, 3.63) is 64.2 Å². The molecule has 0 aliphatic rings. The summed E-state index contributed by atoms with van der Waals surface area (Å²) in [6.45, 7) is -0.0951. The number of halogens is 4. The molecule has 3 nitrogen and oxygen atoms in total. The maximum atomic E-state index is 12.7. The predicted molar refractivity (Wildman–Crippen MR) is 74.2 cm³/mol. The summed E-state index contributed by atoms with van der Waals surface area (Å²) in [4.78, 5) is 10.8. The lowest BCUT2D eigenvalue weighted by molar-refractivity contribution is -0.137. The molecular formula is C15H10ClF3O3. The Kier molecular flexibility index (Phi) is 4.61. The molecule has 7 heteroatoms. The molecule has 0 bridgehead atoms. The summed E-state index contributed by atoms with van der Waals surface area (Å²) in [7, 11) is 0. The van der Waals surface area contributed by atoms with Crippen molar-refractivity contribution in [3.63, 3.8) is 0 Å². The number of carboxylic acid groups (broad SMARTS) is 1. The van der Waals surface area contributed by atoms with Crippen LogP contribution in [0, 0.1) is 0 Å². The zero-order chi connectivity index (χ0) is 16.3. The molecule has 0 aromatic heterocycles. The summed E-state index contributed by atoms with van der Waals surface area (Å²) in [6, 6.07) is 9.29. The van der Waals surface area contributed by atoms with Gasteiger partial charge in [-0.05, 0) is 29.8 Å². The van der Waals surface area contributed by atoms with Crippen LogP contribution in [0.25, 0.3) is 0 Å². The molecule has 0 spiro atoms. The van der Waals surface area contributed by atoms with Crippen LogP contribution in [-0.4, -0.2) is 11.1 Å². The Labute approximate surface area is 128 Å². The van der Waals surface area contributed by atoms with Crippen molar-refractivity contribution in [2.45, 2.75) is 12.8 Å². The zero-order valence-electron chi connectivity index (χ0n) is 11.0. The van der Waals surface area contributed by atoms with Crippen molar-refractivity contribution in [2.24, 2.45) is 0 Å². The molecule has 0 fully saturated rings. The Bertz CT molecular complexity index is 699. The van der Waals surface area contributed by atoms with E-state index < -0.39 is 22.7 Å². The fourth-order valence-electron chi connectivity index (χ4n) is 1.80. The second-order valence-corrected chi connectivity index (χ2v) is 4.79. The summed E-state index contributed by atoms with van der Waals surface area (Å²) in [6.07, 6.45) is -4.57. The monoisotopic (exact) mass is 330 g/mol. The molecule has 0 aliphatic heterocycles. The first-order chi connectivity index (χ1) is 10.3. The molecule has 1 N–H and O–H groups in total. The topological polar surface area (TPSA) is 46.5 Å². The Morgan fingerprint density at radius 3 is 2.50 bits per heavy atom. The van der Waals surface area contributed by atoms with Gasteiger partial charge in [-0.2, -0.15) is 13.2 Å². The van der Waals surface area contributed by atoms with Crippen molar-refractivity contribution in [1.82, 2.24) is 0 Å². The zero-order valence-corrected chi connectivity index (χ0v) is 11.8. The minimum absolute atomic E-state index is 0.0660. The summed E-state index contributed by atoms with van der Waals surface area (Å²) < 4.78 is 43.5. The standard InChI is InChI=1S/C15H10ClF3O3/c16-13-11(15(17,18)19)5-2-6-12(13)22-8-9-3-1-4-10(7-9)14(20)21/h1-7H,8H2,(H,20,21). The highest BCUT2D eigenvalue weighted by Crippen LogP contribution is 2.39. The van der Waals surface area contributed by atoms with Crippen LogP contribution in [0.5, 0.6) is 5.75 Å². The van der Waals surface area contributed by atoms with E-state index in [1.165, 1.54) is 30.3 Å². The molecular weight excluding hydrogens is 321 g/mol. The molecule has 2 rings (SSSR count). The van der Waals surface area contributed by atoms with Gasteiger partial charge >= 0.3 is 12.1 Å². The molecule has 0 saturated carbocycles. The molecule has 0 atom stereocenters. The van der Waals surface area contributed by atoms with E-state index in [4.69, 9.17) is 21.4 Å². The van der Waals surface area contributed by atoms with Crippen LogP contribution in [0.4, 0.5) is 13.2 Å². The minimum atomic E-state index is -4.57. The van der Waals surface area contributed by atoms with Gasteiger partial charge in [0.15, 0.2) is 0 Å². The average molecular weight is 331 g/mol. The van der Waals surface area contributed by atoms with Crippen LogP contribution in [0.15, 0.2) is 42.5 Å². The highest BCUT2D eigenvalue weighted by Gasteiger charge is 2.34. The summed E-state index contributed by atoms with van der Waals surface area (Å²) in [5.74, 6) is -1.21. The van der Waals surface area contributed by atoms with Gasteiger partial charge < -0.3 is 9.84 Å². The Balaban J connectivity index is 2.19. The van der Waals surface area contributed by atoms with E-state index in [1.54, 1.807) is 6.07 Å². The first kappa shape index (κ1) is 16.2. The highest BCUT2D eigenvalue weighted by atomic mass is 35.5. The number of rotatable bonds is 4. The third kappa shape index (κ3) is 3.71. The summed E-state index contributed by atoms with van der Waals surface area (Å²) >= 11 is 5.70. The molecule has 0 heterocycles. The smallest absolute Gasteiger partial charge is 0.417 e. The maximum absolute atomic E-state index is 12.7. The fourth-order valence-corrected chi connectivity index (χ4v) is 2.08. The van der Waals surface area contributed by atoms with E-state index in [0.29, 0.717) is 5.56 Å². The number of carbonyl (C=O) groups is 1. The van der Waals surface area contributed by atoms with Crippen LogP contribution < -0.4 is 4.74 Å². The van der Waals surface area contributed by atoms with Crippen molar-refractivity contribution >= 4 is 17.6 Å². The minimum Gasteiger partial charge on any atom is -0.487 e. The number of hydrogen-bond acceptors (Lipinski definition) is 2. The average Bonchev–Trinajstić information content (AvgIpc) is 2.45. The molecule has 0 radical (unpaired) electrons. The van der Waals surface area contributed by atoms with Gasteiger partial charge in [0, 0.05) is 0 Å². The number of ether oxygens (including phenoxy) is 1. The van der Waals surface area contributed by atoms with Crippen LogP contribution in [0.2, 0.25) is 5.02 Å². The van der Waals surface area contributed by atoms with Crippen LogP contribution >= 0.6 is 11.6 Å². The van der Waals surface area contributed by atoms with Gasteiger partial charge in [0.25, 0.3) is 0 Å². The highest BCUT2D eigenvalue weighted by molar-refractivity contribution is 6.32. The third-order valence-electron chi connectivity index (χ3n) is 2.84. The SMILES string of the molecule is O=C(O)c1cccc(COc2cccc(C(F)(F)F)c2Cl)c1. The van der Waals surface area contributed by atoms with Gasteiger partial charge in [-0.25, -0.2) is 4.79 Å². The lowest BCUT2D eigenvalue weighted by atomic mass is 10.1. The van der Waals surface area contributed by atoms with Crippen molar-refractivity contribution in [2.75, 3.05) is 0 Å². The second-order valence-electron chi connectivity index (χ2n) is 4.41. The van der Waals surface area contributed by atoms with E-state index in [1.807, 2.05) is 0 Å². The number of alkyl halides is 3. The van der Waals surface area contributed by atoms with E-state index in [2.05, 4.69) is 0 Å². The Hall–Kier alpha value is -2.21. The first-order valence-corrected chi connectivity index (χ1v) is 6.47. The number of aromatic carboxylic acids is 1.